The number of aliphatic hydroxyl groups is 1. The first kappa shape index (κ1) is 17.6. The smallest absolute Gasteiger partial charge is 0.241 e. The minimum atomic E-state index is -3.57. The monoisotopic (exact) mass is 365 g/mol. The Hall–Kier alpha value is -0.470. The third-order valence-electron chi connectivity index (χ3n) is 2.65. The summed E-state index contributed by atoms with van der Waals surface area (Å²) in [6.45, 7) is 3.18. The molecule has 0 atom stereocenters. The van der Waals surface area contributed by atoms with Crippen molar-refractivity contribution in [2.24, 2.45) is 0 Å². The van der Waals surface area contributed by atoms with Crippen molar-refractivity contribution >= 4 is 26.0 Å². The number of aliphatic hydroxyl groups excluding tert-OH is 1. The molecule has 5 nitrogen and oxygen atoms in total. The molecule has 2 N–H and O–H groups in total. The second-order valence-corrected chi connectivity index (χ2v) is 6.88. The number of rotatable bonds is 9. The van der Waals surface area contributed by atoms with Crippen LogP contribution in [0.15, 0.2) is 27.6 Å². The molecule has 0 unspecified atom stereocenters. The maximum atomic E-state index is 12.1. The predicted octanol–water partition coefficient (Wildman–Crippen LogP) is 2.04. The lowest BCUT2D eigenvalue weighted by molar-refractivity contribution is 0.136. The zero-order chi connectivity index (χ0) is 15.0. The van der Waals surface area contributed by atoms with Crippen LogP contribution < -0.4 is 4.72 Å². The highest BCUT2D eigenvalue weighted by atomic mass is 79.9. The third kappa shape index (κ3) is 5.49. The van der Waals surface area contributed by atoms with Crippen LogP contribution in [0.5, 0.6) is 0 Å². The van der Waals surface area contributed by atoms with Gasteiger partial charge in [-0.05, 0) is 40.0 Å². The molecule has 20 heavy (non-hydrogen) atoms. The highest BCUT2D eigenvalue weighted by Gasteiger charge is 2.17. The molecule has 0 fully saturated rings. The van der Waals surface area contributed by atoms with Crippen molar-refractivity contribution < 1.29 is 18.3 Å². The van der Waals surface area contributed by atoms with Gasteiger partial charge in [0.15, 0.2) is 0 Å². The standard InChI is InChI=1S/C13H20BrNO4S/c1-2-3-7-19-8-6-15-20(17,18)13-5-4-11(10-16)9-12(13)14/h4-5,9,15-16H,2-3,6-8,10H2,1H3. The number of sulfonamides is 1. The van der Waals surface area contributed by atoms with E-state index in [0.717, 1.165) is 12.8 Å². The molecule has 1 aromatic rings. The molecule has 0 saturated carbocycles. The molecule has 0 aromatic heterocycles. The van der Waals surface area contributed by atoms with Crippen LogP contribution in [0, 0.1) is 0 Å². The van der Waals surface area contributed by atoms with Crippen molar-refractivity contribution in [3.63, 3.8) is 0 Å². The lowest BCUT2D eigenvalue weighted by Gasteiger charge is -2.09. The summed E-state index contributed by atoms with van der Waals surface area (Å²) in [6, 6.07) is 4.64. The summed E-state index contributed by atoms with van der Waals surface area (Å²) in [5.74, 6) is 0. The fraction of sp³-hybridized carbons (Fsp3) is 0.538. The average molecular weight is 366 g/mol. The maximum Gasteiger partial charge on any atom is 0.241 e. The molecule has 7 heteroatoms. The van der Waals surface area contributed by atoms with Gasteiger partial charge in [-0.2, -0.15) is 0 Å². The van der Waals surface area contributed by atoms with E-state index >= 15 is 0 Å². The van der Waals surface area contributed by atoms with Crippen LogP contribution in [0.3, 0.4) is 0 Å². The normalized spacial score (nSPS) is 11.8. The predicted molar refractivity (Wildman–Crippen MR) is 81.0 cm³/mol. The zero-order valence-corrected chi connectivity index (χ0v) is 13.8. The Morgan fingerprint density at radius 2 is 2.10 bits per heavy atom. The van der Waals surface area contributed by atoms with Gasteiger partial charge in [0.1, 0.15) is 0 Å². The highest BCUT2D eigenvalue weighted by Crippen LogP contribution is 2.23. The van der Waals surface area contributed by atoms with Crippen molar-refractivity contribution in [1.82, 2.24) is 4.72 Å². The molecule has 0 bridgehead atoms. The second kappa shape index (κ2) is 8.74. The Labute approximate surface area is 128 Å². The Morgan fingerprint density at radius 1 is 1.35 bits per heavy atom. The van der Waals surface area contributed by atoms with Crippen LogP contribution in [-0.4, -0.2) is 33.3 Å². The number of ether oxygens (including phenoxy) is 1. The van der Waals surface area contributed by atoms with Gasteiger partial charge in [0, 0.05) is 17.6 Å². The molecular weight excluding hydrogens is 346 g/mol. The Kier molecular flexibility index (Phi) is 7.68. The number of hydrogen-bond acceptors (Lipinski definition) is 4. The minimum Gasteiger partial charge on any atom is -0.392 e. The lowest BCUT2D eigenvalue weighted by atomic mass is 10.2. The van der Waals surface area contributed by atoms with E-state index in [2.05, 4.69) is 27.6 Å². The van der Waals surface area contributed by atoms with E-state index in [1.54, 1.807) is 12.1 Å². The maximum absolute atomic E-state index is 12.1. The minimum absolute atomic E-state index is 0.127. The van der Waals surface area contributed by atoms with Gasteiger partial charge >= 0.3 is 0 Å². The van der Waals surface area contributed by atoms with Crippen LogP contribution in [0.1, 0.15) is 25.3 Å². The van der Waals surface area contributed by atoms with Gasteiger partial charge in [-0.25, -0.2) is 13.1 Å². The lowest BCUT2D eigenvalue weighted by Crippen LogP contribution is -2.28. The zero-order valence-electron chi connectivity index (χ0n) is 11.4. The molecule has 1 aromatic carbocycles. The molecule has 0 aliphatic heterocycles. The van der Waals surface area contributed by atoms with E-state index in [-0.39, 0.29) is 18.0 Å². The van der Waals surface area contributed by atoms with Gasteiger partial charge in [-0.15, -0.1) is 0 Å². The van der Waals surface area contributed by atoms with Crippen molar-refractivity contribution in [2.45, 2.75) is 31.3 Å². The highest BCUT2D eigenvalue weighted by molar-refractivity contribution is 9.10. The van der Waals surface area contributed by atoms with Crippen LogP contribution in [0.2, 0.25) is 0 Å². The summed E-state index contributed by atoms with van der Waals surface area (Å²) in [5, 5.41) is 9.00. The molecule has 0 aliphatic rings. The van der Waals surface area contributed by atoms with Crippen LogP contribution in [0.25, 0.3) is 0 Å². The van der Waals surface area contributed by atoms with Crippen molar-refractivity contribution in [3.8, 4) is 0 Å². The topological polar surface area (TPSA) is 75.6 Å². The van der Waals surface area contributed by atoms with Crippen LogP contribution in [0.4, 0.5) is 0 Å². The summed E-state index contributed by atoms with van der Waals surface area (Å²) in [5.41, 5.74) is 0.652. The number of nitrogens with one attached hydrogen (secondary N) is 1. The van der Waals surface area contributed by atoms with Gasteiger partial charge < -0.3 is 9.84 Å². The second-order valence-electron chi connectivity index (χ2n) is 4.29. The number of unbranched alkanes of at least 4 members (excludes halogenated alkanes) is 1. The molecule has 114 valence electrons. The Balaban J connectivity index is 2.56. The average Bonchev–Trinajstić information content (AvgIpc) is 2.42. The molecule has 0 saturated heterocycles. The Morgan fingerprint density at radius 3 is 2.70 bits per heavy atom. The van der Waals surface area contributed by atoms with E-state index in [4.69, 9.17) is 9.84 Å². The fourth-order valence-electron chi connectivity index (χ4n) is 1.54. The SMILES string of the molecule is CCCCOCCNS(=O)(=O)c1ccc(CO)cc1Br. The molecule has 0 heterocycles. The number of halogens is 1. The molecule has 0 radical (unpaired) electrons. The van der Waals surface area contributed by atoms with Crippen molar-refractivity contribution in [1.29, 1.82) is 0 Å². The summed E-state index contributed by atoms with van der Waals surface area (Å²) in [7, 11) is -3.57. The molecule has 1 rings (SSSR count). The Bertz CT molecular complexity index is 519. The van der Waals surface area contributed by atoms with E-state index in [1.165, 1.54) is 6.07 Å². The van der Waals surface area contributed by atoms with E-state index < -0.39 is 10.0 Å². The molecule has 0 amide bonds. The number of hydrogen-bond donors (Lipinski definition) is 2. The quantitative estimate of drug-likeness (QED) is 0.656. The van der Waals surface area contributed by atoms with Gasteiger partial charge in [0.05, 0.1) is 18.1 Å². The van der Waals surface area contributed by atoms with E-state index in [0.29, 0.717) is 23.2 Å². The van der Waals surface area contributed by atoms with Gasteiger partial charge in [0.2, 0.25) is 10.0 Å². The summed E-state index contributed by atoms with van der Waals surface area (Å²) >= 11 is 3.21. The number of benzene rings is 1. The van der Waals surface area contributed by atoms with Gasteiger partial charge in [-0.1, -0.05) is 19.4 Å². The van der Waals surface area contributed by atoms with Crippen LogP contribution in [-0.2, 0) is 21.4 Å². The van der Waals surface area contributed by atoms with E-state index in [1.807, 2.05) is 0 Å². The fourth-order valence-corrected chi connectivity index (χ4v) is 3.67. The van der Waals surface area contributed by atoms with E-state index in [9.17, 15) is 8.42 Å². The van der Waals surface area contributed by atoms with Crippen molar-refractivity contribution in [2.75, 3.05) is 19.8 Å². The first-order chi connectivity index (χ1) is 9.51. The molecular formula is C13H20BrNO4S. The summed E-state index contributed by atoms with van der Waals surface area (Å²) in [6.07, 6.45) is 2.02. The van der Waals surface area contributed by atoms with Gasteiger partial charge in [-0.3, -0.25) is 0 Å². The first-order valence-electron chi connectivity index (χ1n) is 6.48. The summed E-state index contributed by atoms with van der Waals surface area (Å²) < 4.78 is 32.4. The van der Waals surface area contributed by atoms with Crippen molar-refractivity contribution in [3.05, 3.63) is 28.2 Å². The molecule has 0 spiro atoms. The van der Waals surface area contributed by atoms with Crippen LogP contribution >= 0.6 is 15.9 Å². The first-order valence-corrected chi connectivity index (χ1v) is 8.75. The third-order valence-corrected chi connectivity index (χ3v) is 5.09. The largest absolute Gasteiger partial charge is 0.392 e. The van der Waals surface area contributed by atoms with Gasteiger partial charge in [0.25, 0.3) is 0 Å². The summed E-state index contributed by atoms with van der Waals surface area (Å²) in [4.78, 5) is 0.156. The molecule has 0 aliphatic carbocycles.